The van der Waals surface area contributed by atoms with Crippen LogP contribution in [0.2, 0.25) is 0 Å². The van der Waals surface area contributed by atoms with E-state index in [1.54, 1.807) is 0 Å². The molecule has 1 aromatic carbocycles. The van der Waals surface area contributed by atoms with Crippen molar-refractivity contribution < 1.29 is 4.79 Å². The Morgan fingerprint density at radius 2 is 1.85 bits per heavy atom. The molecular formula is C14H17N5O. The molecule has 0 fully saturated rings. The van der Waals surface area contributed by atoms with E-state index < -0.39 is 0 Å². The van der Waals surface area contributed by atoms with Crippen molar-refractivity contribution in [3.63, 3.8) is 0 Å². The van der Waals surface area contributed by atoms with E-state index in [1.807, 2.05) is 4.90 Å². The van der Waals surface area contributed by atoms with Crippen LogP contribution in [-0.4, -0.2) is 38.7 Å². The summed E-state index contributed by atoms with van der Waals surface area (Å²) < 4.78 is 1.48. The molecule has 1 aliphatic rings. The molecule has 0 aliphatic carbocycles. The number of benzene rings is 1. The van der Waals surface area contributed by atoms with E-state index in [9.17, 15) is 4.79 Å². The zero-order chi connectivity index (χ0) is 13.9. The number of nitrogens with two attached hydrogens (primary N) is 1. The van der Waals surface area contributed by atoms with E-state index in [0.29, 0.717) is 0 Å². The predicted octanol–water partition coefficient (Wildman–Crippen LogP) is 0.488. The maximum atomic E-state index is 12.3. The number of aromatic nitrogens is 3. The first kappa shape index (κ1) is 12.7. The Morgan fingerprint density at radius 3 is 2.40 bits per heavy atom. The number of rotatable bonds is 2. The Balaban J connectivity index is 1.66. The first-order chi connectivity index (χ1) is 9.72. The molecule has 2 N–H and O–H groups in total. The van der Waals surface area contributed by atoms with Gasteiger partial charge in [-0.2, -0.15) is 0 Å². The number of carbonyl (C=O) groups excluding carboxylic acids is 1. The van der Waals surface area contributed by atoms with Gasteiger partial charge in [0.15, 0.2) is 0 Å². The highest BCUT2D eigenvalue weighted by atomic mass is 16.2. The highest BCUT2D eigenvalue weighted by Crippen LogP contribution is 2.15. The molecule has 2 aromatic rings. The van der Waals surface area contributed by atoms with Gasteiger partial charge in [0.25, 0.3) is 0 Å². The summed E-state index contributed by atoms with van der Waals surface area (Å²) in [6, 6.07) is 8.38. The first-order valence-electron chi connectivity index (χ1n) is 6.72. The van der Waals surface area contributed by atoms with Crippen LogP contribution in [0.4, 0.5) is 5.95 Å². The van der Waals surface area contributed by atoms with E-state index >= 15 is 0 Å². The Hall–Kier alpha value is -2.37. The van der Waals surface area contributed by atoms with Crippen molar-refractivity contribution in [1.29, 1.82) is 0 Å². The lowest BCUT2D eigenvalue weighted by Crippen LogP contribution is -2.36. The van der Waals surface area contributed by atoms with Crippen LogP contribution in [0.25, 0.3) is 0 Å². The quantitative estimate of drug-likeness (QED) is 0.862. The normalized spacial score (nSPS) is 14.7. The SMILES string of the molecule is Nc1ncn(CC(=O)N2CCc3ccccc3CC2)n1. The number of anilines is 1. The van der Waals surface area contributed by atoms with Gasteiger partial charge in [-0.05, 0) is 24.0 Å². The van der Waals surface area contributed by atoms with Gasteiger partial charge in [-0.1, -0.05) is 24.3 Å². The Morgan fingerprint density at radius 1 is 1.20 bits per heavy atom. The minimum atomic E-state index is 0.0581. The molecule has 6 heteroatoms. The highest BCUT2D eigenvalue weighted by Gasteiger charge is 2.18. The number of hydrogen-bond donors (Lipinski definition) is 1. The molecule has 2 heterocycles. The van der Waals surface area contributed by atoms with Crippen LogP contribution in [0.1, 0.15) is 11.1 Å². The van der Waals surface area contributed by atoms with Crippen LogP contribution >= 0.6 is 0 Å². The smallest absolute Gasteiger partial charge is 0.244 e. The number of nitrogen functional groups attached to an aromatic ring is 1. The molecule has 0 saturated carbocycles. The predicted molar refractivity (Wildman–Crippen MR) is 74.9 cm³/mol. The molecule has 1 amide bonds. The second-order valence-corrected chi connectivity index (χ2v) is 4.95. The summed E-state index contributed by atoms with van der Waals surface area (Å²) in [5.74, 6) is 0.253. The van der Waals surface area contributed by atoms with Crippen molar-refractivity contribution in [1.82, 2.24) is 19.7 Å². The van der Waals surface area contributed by atoms with Gasteiger partial charge in [0, 0.05) is 13.1 Å². The minimum Gasteiger partial charge on any atom is -0.367 e. The van der Waals surface area contributed by atoms with Gasteiger partial charge in [0.1, 0.15) is 12.9 Å². The molecular weight excluding hydrogens is 254 g/mol. The molecule has 0 saturated heterocycles. The van der Waals surface area contributed by atoms with Gasteiger partial charge in [-0.25, -0.2) is 9.67 Å². The number of fused-ring (bicyclic) bond motifs is 1. The average molecular weight is 271 g/mol. The third kappa shape index (κ3) is 2.64. The van der Waals surface area contributed by atoms with Crippen molar-refractivity contribution >= 4 is 11.9 Å². The summed E-state index contributed by atoms with van der Waals surface area (Å²) in [4.78, 5) is 18.0. The molecule has 3 rings (SSSR count). The fraction of sp³-hybridized carbons (Fsp3) is 0.357. The Bertz CT molecular complexity index is 595. The van der Waals surface area contributed by atoms with Crippen LogP contribution in [0.5, 0.6) is 0 Å². The zero-order valence-corrected chi connectivity index (χ0v) is 11.2. The van der Waals surface area contributed by atoms with E-state index in [4.69, 9.17) is 5.73 Å². The van der Waals surface area contributed by atoms with Crippen LogP contribution < -0.4 is 5.73 Å². The minimum absolute atomic E-state index is 0.0581. The summed E-state index contributed by atoms with van der Waals surface area (Å²) in [6.07, 6.45) is 3.29. The highest BCUT2D eigenvalue weighted by molar-refractivity contribution is 5.76. The maximum absolute atomic E-state index is 12.3. The largest absolute Gasteiger partial charge is 0.367 e. The van der Waals surface area contributed by atoms with Gasteiger partial charge in [-0.15, -0.1) is 5.10 Å². The van der Waals surface area contributed by atoms with E-state index in [2.05, 4.69) is 34.3 Å². The molecule has 104 valence electrons. The lowest BCUT2D eigenvalue weighted by atomic mass is 10.0. The Kier molecular flexibility index (Phi) is 3.37. The van der Waals surface area contributed by atoms with Gasteiger partial charge in [0.2, 0.25) is 11.9 Å². The monoisotopic (exact) mass is 271 g/mol. The average Bonchev–Trinajstić information content (AvgIpc) is 2.74. The van der Waals surface area contributed by atoms with Crippen molar-refractivity contribution in [2.24, 2.45) is 0 Å². The number of nitrogens with zero attached hydrogens (tertiary/aromatic N) is 4. The number of carbonyl (C=O) groups is 1. The summed E-state index contributed by atoms with van der Waals surface area (Å²) in [6.45, 7) is 1.70. The standard InChI is InChI=1S/C14H17N5O/c15-14-16-10-19(17-14)9-13(20)18-7-5-11-3-1-2-4-12(11)6-8-18/h1-4,10H,5-9H2,(H2,15,17). The molecule has 1 aromatic heterocycles. The molecule has 6 nitrogen and oxygen atoms in total. The molecule has 0 radical (unpaired) electrons. The van der Waals surface area contributed by atoms with E-state index in [0.717, 1.165) is 25.9 Å². The lowest BCUT2D eigenvalue weighted by molar-refractivity contribution is -0.131. The summed E-state index contributed by atoms with van der Waals surface area (Å²) in [5.41, 5.74) is 8.13. The first-order valence-corrected chi connectivity index (χ1v) is 6.72. The van der Waals surface area contributed by atoms with Crippen molar-refractivity contribution in [3.8, 4) is 0 Å². The van der Waals surface area contributed by atoms with Crippen molar-refractivity contribution in [3.05, 3.63) is 41.7 Å². The zero-order valence-electron chi connectivity index (χ0n) is 11.2. The third-order valence-electron chi connectivity index (χ3n) is 3.62. The summed E-state index contributed by atoms with van der Waals surface area (Å²) in [5, 5.41) is 3.94. The van der Waals surface area contributed by atoms with Crippen LogP contribution in [0.15, 0.2) is 30.6 Å². The van der Waals surface area contributed by atoms with E-state index in [-0.39, 0.29) is 18.4 Å². The van der Waals surface area contributed by atoms with Gasteiger partial charge in [0.05, 0.1) is 0 Å². The maximum Gasteiger partial charge on any atom is 0.244 e. The topological polar surface area (TPSA) is 77.0 Å². The molecule has 0 atom stereocenters. The molecule has 1 aliphatic heterocycles. The van der Waals surface area contributed by atoms with Crippen molar-refractivity contribution in [2.75, 3.05) is 18.8 Å². The molecule has 0 spiro atoms. The second kappa shape index (κ2) is 5.32. The number of amides is 1. The Labute approximate surface area is 117 Å². The molecule has 0 unspecified atom stereocenters. The van der Waals surface area contributed by atoms with Crippen LogP contribution in [0, 0.1) is 0 Å². The fourth-order valence-electron chi connectivity index (χ4n) is 2.54. The van der Waals surface area contributed by atoms with Gasteiger partial charge in [-0.3, -0.25) is 4.79 Å². The van der Waals surface area contributed by atoms with Crippen LogP contribution in [0.3, 0.4) is 0 Å². The van der Waals surface area contributed by atoms with E-state index in [1.165, 1.54) is 22.1 Å². The number of hydrogen-bond acceptors (Lipinski definition) is 4. The third-order valence-corrected chi connectivity index (χ3v) is 3.62. The van der Waals surface area contributed by atoms with Gasteiger partial charge >= 0.3 is 0 Å². The van der Waals surface area contributed by atoms with Crippen molar-refractivity contribution in [2.45, 2.75) is 19.4 Å². The fourth-order valence-corrected chi connectivity index (χ4v) is 2.54. The molecule has 20 heavy (non-hydrogen) atoms. The van der Waals surface area contributed by atoms with Gasteiger partial charge < -0.3 is 10.6 Å². The second-order valence-electron chi connectivity index (χ2n) is 4.95. The summed E-state index contributed by atoms with van der Waals surface area (Å²) >= 11 is 0. The molecule has 0 bridgehead atoms. The summed E-state index contributed by atoms with van der Waals surface area (Å²) in [7, 11) is 0. The lowest BCUT2D eigenvalue weighted by Gasteiger charge is -2.19. The van der Waals surface area contributed by atoms with Crippen LogP contribution in [-0.2, 0) is 24.2 Å².